The summed E-state index contributed by atoms with van der Waals surface area (Å²) in [5.41, 5.74) is 1.56. The number of benzene rings is 2. The molecule has 0 radical (unpaired) electrons. The topological polar surface area (TPSA) is 83.8 Å². The van der Waals surface area contributed by atoms with E-state index in [1.807, 2.05) is 25.1 Å². The molecule has 0 spiro atoms. The van der Waals surface area contributed by atoms with Crippen LogP contribution in [0.15, 0.2) is 76.6 Å². The van der Waals surface area contributed by atoms with Crippen LogP contribution in [0.2, 0.25) is 0 Å². The maximum absolute atomic E-state index is 15.2. The van der Waals surface area contributed by atoms with E-state index in [2.05, 4.69) is 22.3 Å². The first-order valence-electron chi connectivity index (χ1n) is 13.0. The van der Waals surface area contributed by atoms with Crippen molar-refractivity contribution in [2.45, 2.75) is 50.2 Å². The molecule has 0 bridgehead atoms. The number of anilines is 2. The van der Waals surface area contributed by atoms with E-state index in [0.29, 0.717) is 39.8 Å². The van der Waals surface area contributed by atoms with Crippen molar-refractivity contribution in [3.63, 3.8) is 0 Å². The van der Waals surface area contributed by atoms with Gasteiger partial charge in [-0.15, -0.1) is 0 Å². The van der Waals surface area contributed by atoms with Crippen molar-refractivity contribution in [1.29, 1.82) is 0 Å². The largest absolute Gasteiger partial charge is 0.377 e. The maximum Gasteiger partial charge on any atom is 0.262 e. The number of nitrogens with zero attached hydrogens (tertiary/aromatic N) is 3. The molecule has 1 N–H and O–H groups in total. The van der Waals surface area contributed by atoms with Crippen LogP contribution in [0.3, 0.4) is 0 Å². The number of sulfone groups is 1. The SMILES string of the molecule is Cc1c(N2CC(c3ccccc3)C2)nc2c([C@@H](C)Nc3ccccc3S(C)(=O)=O)cc(C(C)(C)F)cn2c1=O. The second kappa shape index (κ2) is 9.79. The highest BCUT2D eigenvalue weighted by Gasteiger charge is 2.32. The van der Waals surface area contributed by atoms with Gasteiger partial charge in [0.05, 0.1) is 22.2 Å². The van der Waals surface area contributed by atoms with Gasteiger partial charge in [0.1, 0.15) is 17.1 Å². The Bertz CT molecular complexity index is 1710. The van der Waals surface area contributed by atoms with Gasteiger partial charge in [0, 0.05) is 42.6 Å². The Kier molecular flexibility index (Phi) is 6.74. The molecule has 4 aromatic rings. The molecule has 1 saturated heterocycles. The Morgan fingerprint density at radius 3 is 2.36 bits per heavy atom. The molecule has 7 nitrogen and oxygen atoms in total. The van der Waals surface area contributed by atoms with Gasteiger partial charge in [0.2, 0.25) is 0 Å². The summed E-state index contributed by atoms with van der Waals surface area (Å²) in [6.07, 6.45) is 2.68. The fraction of sp³-hybridized carbons (Fsp3) is 0.333. The molecule has 0 saturated carbocycles. The summed E-state index contributed by atoms with van der Waals surface area (Å²) < 4.78 is 41.4. The lowest BCUT2D eigenvalue weighted by Gasteiger charge is -2.41. The monoisotopic (exact) mass is 548 g/mol. The highest BCUT2D eigenvalue weighted by Crippen LogP contribution is 2.35. The lowest BCUT2D eigenvalue weighted by atomic mass is 9.91. The van der Waals surface area contributed by atoms with Crippen LogP contribution in [0, 0.1) is 6.92 Å². The average Bonchev–Trinajstić information content (AvgIpc) is 2.85. The highest BCUT2D eigenvalue weighted by molar-refractivity contribution is 7.90. The lowest BCUT2D eigenvalue weighted by Crippen LogP contribution is -2.46. The van der Waals surface area contributed by atoms with E-state index in [1.165, 1.54) is 30.0 Å². The maximum atomic E-state index is 15.2. The predicted molar refractivity (Wildman–Crippen MR) is 153 cm³/mol. The normalized spacial score (nSPS) is 15.3. The van der Waals surface area contributed by atoms with Gasteiger partial charge in [-0.2, -0.15) is 0 Å². The van der Waals surface area contributed by atoms with Gasteiger partial charge in [-0.05, 0) is 51.5 Å². The molecular weight excluding hydrogens is 515 g/mol. The van der Waals surface area contributed by atoms with E-state index >= 15 is 4.39 Å². The van der Waals surface area contributed by atoms with Crippen LogP contribution < -0.4 is 15.8 Å². The highest BCUT2D eigenvalue weighted by atomic mass is 32.2. The summed E-state index contributed by atoms with van der Waals surface area (Å²) >= 11 is 0. The number of rotatable bonds is 7. The zero-order valence-corrected chi connectivity index (χ0v) is 23.6. The first-order chi connectivity index (χ1) is 18.3. The predicted octanol–water partition coefficient (Wildman–Crippen LogP) is 5.39. The Morgan fingerprint density at radius 2 is 1.72 bits per heavy atom. The van der Waals surface area contributed by atoms with Gasteiger partial charge in [-0.3, -0.25) is 9.20 Å². The van der Waals surface area contributed by atoms with Crippen LogP contribution in [0.4, 0.5) is 15.9 Å². The summed E-state index contributed by atoms with van der Waals surface area (Å²) in [4.78, 5) is 20.8. The fourth-order valence-electron chi connectivity index (χ4n) is 5.10. The lowest BCUT2D eigenvalue weighted by molar-refractivity contribution is 0.220. The standard InChI is InChI=1S/C30H33FN4O3S/c1-19-27(34-16-22(17-34)21-11-7-6-8-12-21)33-28-24(15-23(30(3,4)31)18-35(28)29(19)36)20(2)32-25-13-9-10-14-26(25)39(5,37)38/h6-15,18,20,22,32H,16-17H2,1-5H3/t20-/m1/s1. The van der Waals surface area contributed by atoms with Gasteiger partial charge in [0.25, 0.3) is 5.56 Å². The van der Waals surface area contributed by atoms with Crippen LogP contribution in [-0.2, 0) is 15.5 Å². The molecule has 2 aromatic heterocycles. The summed E-state index contributed by atoms with van der Waals surface area (Å²) in [6.45, 7) is 7.98. The number of hydrogen-bond acceptors (Lipinski definition) is 6. The third kappa shape index (κ3) is 5.15. The minimum absolute atomic E-state index is 0.164. The number of para-hydroxylation sites is 1. The number of pyridine rings is 1. The summed E-state index contributed by atoms with van der Waals surface area (Å²) in [7, 11) is -3.49. The second-order valence-corrected chi connectivity index (χ2v) is 12.8. The van der Waals surface area contributed by atoms with Crippen molar-refractivity contribution in [2.24, 2.45) is 0 Å². The van der Waals surface area contributed by atoms with Crippen LogP contribution in [-0.4, -0.2) is 37.1 Å². The molecule has 1 aliphatic rings. The van der Waals surface area contributed by atoms with Crippen LogP contribution in [0.1, 0.15) is 55.0 Å². The minimum atomic E-state index is -3.49. The summed E-state index contributed by atoms with van der Waals surface area (Å²) in [5.74, 6) is 0.970. The number of hydrogen-bond donors (Lipinski definition) is 1. The number of halogens is 1. The molecular formula is C30H33FN4O3S. The van der Waals surface area contributed by atoms with E-state index in [9.17, 15) is 13.2 Å². The first kappa shape index (κ1) is 26.9. The molecule has 1 fully saturated rings. The van der Waals surface area contributed by atoms with Crippen molar-refractivity contribution >= 4 is 27.0 Å². The van der Waals surface area contributed by atoms with Gasteiger partial charge in [-0.1, -0.05) is 42.5 Å². The van der Waals surface area contributed by atoms with Gasteiger partial charge >= 0.3 is 0 Å². The molecule has 2 aromatic carbocycles. The molecule has 0 unspecified atom stereocenters. The van der Waals surface area contributed by atoms with Crippen molar-refractivity contribution in [3.05, 3.63) is 99.5 Å². The number of aromatic nitrogens is 2. The van der Waals surface area contributed by atoms with Crippen molar-refractivity contribution in [3.8, 4) is 0 Å². The molecule has 0 aliphatic carbocycles. The summed E-state index contributed by atoms with van der Waals surface area (Å²) in [6, 6.07) is 18.1. The quantitative estimate of drug-likeness (QED) is 0.334. The smallest absolute Gasteiger partial charge is 0.262 e. The summed E-state index contributed by atoms with van der Waals surface area (Å²) in [5, 5.41) is 3.27. The van der Waals surface area contributed by atoms with Gasteiger partial charge in [-0.25, -0.2) is 17.8 Å². The van der Waals surface area contributed by atoms with E-state index in [4.69, 9.17) is 4.98 Å². The molecule has 39 heavy (non-hydrogen) atoms. The molecule has 5 rings (SSSR count). The van der Waals surface area contributed by atoms with E-state index < -0.39 is 21.5 Å². The van der Waals surface area contributed by atoms with E-state index in [0.717, 1.165) is 19.3 Å². The number of nitrogens with one attached hydrogen (secondary N) is 1. The molecule has 1 atom stereocenters. The Morgan fingerprint density at radius 1 is 1.08 bits per heavy atom. The third-order valence-electron chi connectivity index (χ3n) is 7.42. The second-order valence-electron chi connectivity index (χ2n) is 10.9. The Balaban J connectivity index is 1.60. The average molecular weight is 549 g/mol. The third-order valence-corrected chi connectivity index (χ3v) is 8.57. The Labute approximate surface area is 228 Å². The van der Waals surface area contributed by atoms with Gasteiger partial charge in [0.15, 0.2) is 9.84 Å². The van der Waals surface area contributed by atoms with Crippen LogP contribution in [0.5, 0.6) is 0 Å². The first-order valence-corrected chi connectivity index (χ1v) is 14.9. The fourth-order valence-corrected chi connectivity index (χ4v) is 5.95. The van der Waals surface area contributed by atoms with Crippen LogP contribution in [0.25, 0.3) is 5.65 Å². The van der Waals surface area contributed by atoms with Gasteiger partial charge < -0.3 is 10.2 Å². The molecule has 204 valence electrons. The minimum Gasteiger partial charge on any atom is -0.377 e. The zero-order chi connectivity index (χ0) is 28.1. The number of fused-ring (bicyclic) bond motifs is 1. The zero-order valence-electron chi connectivity index (χ0n) is 22.8. The number of alkyl halides is 1. The molecule has 9 heteroatoms. The van der Waals surface area contributed by atoms with Crippen molar-refractivity contribution < 1.29 is 12.8 Å². The molecule has 1 aliphatic heterocycles. The Hall–Kier alpha value is -3.72. The van der Waals surface area contributed by atoms with Crippen LogP contribution >= 0.6 is 0 Å². The van der Waals surface area contributed by atoms with Crippen molar-refractivity contribution in [2.75, 3.05) is 29.6 Å². The molecule has 0 amide bonds. The van der Waals surface area contributed by atoms with E-state index in [1.54, 1.807) is 37.3 Å². The molecule has 3 heterocycles. The van der Waals surface area contributed by atoms with E-state index in [-0.39, 0.29) is 10.5 Å². The van der Waals surface area contributed by atoms with Crippen molar-refractivity contribution in [1.82, 2.24) is 9.38 Å².